The molecule has 1 aliphatic carbocycles. The van der Waals surface area contributed by atoms with Crippen molar-refractivity contribution in [2.45, 2.75) is 12.0 Å². The van der Waals surface area contributed by atoms with Gasteiger partial charge in [-0.25, -0.2) is 4.39 Å². The summed E-state index contributed by atoms with van der Waals surface area (Å²) in [6, 6.07) is 12.9. The minimum atomic E-state index is -0.553. The van der Waals surface area contributed by atoms with Gasteiger partial charge < -0.3 is 34.1 Å². The second kappa shape index (κ2) is 9.72. The quantitative estimate of drug-likeness (QED) is 0.445. The van der Waals surface area contributed by atoms with Crippen LogP contribution in [0.4, 0.5) is 10.1 Å². The van der Waals surface area contributed by atoms with E-state index in [0.29, 0.717) is 22.7 Å². The highest BCUT2D eigenvalue weighted by atomic mass is 19.1. The minimum Gasteiger partial charge on any atom is -0.502 e. The first-order valence-corrected chi connectivity index (χ1v) is 11.8. The van der Waals surface area contributed by atoms with Gasteiger partial charge in [0, 0.05) is 17.5 Å². The van der Waals surface area contributed by atoms with E-state index in [4.69, 9.17) is 23.7 Å². The van der Waals surface area contributed by atoms with Crippen LogP contribution >= 0.6 is 0 Å². The minimum absolute atomic E-state index is 0.126. The number of phenolic OH excluding ortho intramolecular Hbond substituents is 1. The maximum atomic E-state index is 13.6. The summed E-state index contributed by atoms with van der Waals surface area (Å²) in [6.45, 7) is 0.207. The van der Waals surface area contributed by atoms with Gasteiger partial charge in [0.1, 0.15) is 5.82 Å². The number of benzene rings is 3. The lowest BCUT2D eigenvalue weighted by Crippen LogP contribution is -2.37. The van der Waals surface area contributed by atoms with Crippen molar-refractivity contribution in [1.82, 2.24) is 0 Å². The molecule has 9 heteroatoms. The molecule has 194 valence electrons. The van der Waals surface area contributed by atoms with E-state index in [2.05, 4.69) is 5.32 Å². The molecule has 1 fully saturated rings. The third-order valence-corrected chi connectivity index (χ3v) is 7.23. The van der Waals surface area contributed by atoms with E-state index in [1.165, 1.54) is 26.4 Å². The van der Waals surface area contributed by atoms with Gasteiger partial charge in [0.05, 0.1) is 47.0 Å². The number of aromatic hydroxyl groups is 1. The summed E-state index contributed by atoms with van der Waals surface area (Å²) in [7, 11) is 6.02. The first-order chi connectivity index (χ1) is 17.9. The molecule has 1 saturated heterocycles. The summed E-state index contributed by atoms with van der Waals surface area (Å²) in [4.78, 5) is 13.2. The Morgan fingerprint density at radius 1 is 0.865 bits per heavy atom. The number of hydrogen-bond donors (Lipinski definition) is 2. The predicted octanol–water partition coefficient (Wildman–Crippen LogP) is 4.65. The molecular weight excluding hydrogens is 481 g/mol. The normalized spacial score (nSPS) is 21.9. The SMILES string of the molecule is COc1cc2c(cc1OC)[C@@H](Nc1ccc(F)cc1)[C@H]1COC(=O)[C@@H]1[C@@H]2c1cc(OC)c(O)c(OC)c1. The Kier molecular flexibility index (Phi) is 6.45. The van der Waals surface area contributed by atoms with E-state index < -0.39 is 11.8 Å². The summed E-state index contributed by atoms with van der Waals surface area (Å²) >= 11 is 0. The molecule has 0 spiro atoms. The first kappa shape index (κ1) is 24.5. The van der Waals surface area contributed by atoms with E-state index in [0.717, 1.165) is 11.1 Å². The van der Waals surface area contributed by atoms with Gasteiger partial charge in [-0.15, -0.1) is 0 Å². The Bertz CT molecular complexity index is 1300. The molecule has 37 heavy (non-hydrogen) atoms. The number of carbonyl (C=O) groups excluding carboxylic acids is 1. The number of halogens is 1. The fraction of sp³-hybridized carbons (Fsp3) is 0.321. The third-order valence-electron chi connectivity index (χ3n) is 7.23. The lowest BCUT2D eigenvalue weighted by atomic mass is 9.65. The average Bonchev–Trinajstić information content (AvgIpc) is 3.30. The van der Waals surface area contributed by atoms with E-state index in [-0.39, 0.29) is 47.6 Å². The van der Waals surface area contributed by atoms with Crippen LogP contribution in [0.1, 0.15) is 28.7 Å². The van der Waals surface area contributed by atoms with Gasteiger partial charge in [0.2, 0.25) is 5.75 Å². The highest BCUT2D eigenvalue weighted by Crippen LogP contribution is 2.55. The molecule has 0 saturated carbocycles. The van der Waals surface area contributed by atoms with Crippen LogP contribution < -0.4 is 24.3 Å². The summed E-state index contributed by atoms with van der Waals surface area (Å²) in [6.07, 6.45) is 0. The Labute approximate surface area is 213 Å². The molecule has 8 nitrogen and oxygen atoms in total. The van der Waals surface area contributed by atoms with Crippen molar-refractivity contribution in [3.05, 3.63) is 71.0 Å². The number of anilines is 1. The molecule has 2 aliphatic rings. The molecule has 3 aromatic carbocycles. The van der Waals surface area contributed by atoms with E-state index >= 15 is 0 Å². The second-order valence-electron chi connectivity index (χ2n) is 9.04. The Morgan fingerprint density at radius 3 is 2.00 bits per heavy atom. The molecular formula is C28H28FNO7. The average molecular weight is 510 g/mol. The van der Waals surface area contributed by atoms with Crippen LogP contribution in [0.15, 0.2) is 48.5 Å². The molecule has 3 aromatic rings. The second-order valence-corrected chi connectivity index (χ2v) is 9.04. The number of ether oxygens (including phenoxy) is 5. The van der Waals surface area contributed by atoms with Crippen LogP contribution in [0.3, 0.4) is 0 Å². The maximum Gasteiger partial charge on any atom is 0.310 e. The van der Waals surface area contributed by atoms with E-state index in [1.54, 1.807) is 38.5 Å². The smallest absolute Gasteiger partial charge is 0.310 e. The van der Waals surface area contributed by atoms with Crippen LogP contribution in [0.2, 0.25) is 0 Å². The van der Waals surface area contributed by atoms with Crippen LogP contribution in [0, 0.1) is 17.7 Å². The number of methoxy groups -OCH3 is 4. The molecule has 0 radical (unpaired) electrons. The Balaban J connectivity index is 1.73. The van der Waals surface area contributed by atoms with E-state index in [9.17, 15) is 14.3 Å². The zero-order chi connectivity index (χ0) is 26.3. The van der Waals surface area contributed by atoms with Crippen molar-refractivity contribution in [3.63, 3.8) is 0 Å². The number of fused-ring (bicyclic) bond motifs is 2. The van der Waals surface area contributed by atoms with Crippen molar-refractivity contribution >= 4 is 11.7 Å². The van der Waals surface area contributed by atoms with Crippen LogP contribution in [-0.4, -0.2) is 46.1 Å². The lowest BCUT2D eigenvalue weighted by molar-refractivity contribution is -0.141. The van der Waals surface area contributed by atoms with Gasteiger partial charge in [-0.3, -0.25) is 4.79 Å². The molecule has 0 bridgehead atoms. The van der Waals surface area contributed by atoms with E-state index in [1.807, 2.05) is 12.1 Å². The Hall–Kier alpha value is -4.14. The van der Waals surface area contributed by atoms with Crippen LogP contribution in [0.5, 0.6) is 28.7 Å². The third kappa shape index (κ3) is 4.14. The number of esters is 1. The van der Waals surface area contributed by atoms with Crippen LogP contribution in [0.25, 0.3) is 0 Å². The van der Waals surface area contributed by atoms with Gasteiger partial charge in [-0.1, -0.05) is 0 Å². The van der Waals surface area contributed by atoms with Gasteiger partial charge in [-0.05, 0) is 65.2 Å². The zero-order valence-corrected chi connectivity index (χ0v) is 20.9. The topological polar surface area (TPSA) is 95.5 Å². The Morgan fingerprint density at radius 2 is 1.43 bits per heavy atom. The van der Waals surface area contributed by atoms with Gasteiger partial charge >= 0.3 is 5.97 Å². The highest BCUT2D eigenvalue weighted by molar-refractivity contribution is 5.79. The fourth-order valence-electron chi connectivity index (χ4n) is 5.50. The number of carbonyl (C=O) groups is 1. The van der Waals surface area contributed by atoms with Crippen molar-refractivity contribution in [2.24, 2.45) is 11.8 Å². The predicted molar refractivity (Wildman–Crippen MR) is 133 cm³/mol. The monoisotopic (exact) mass is 509 g/mol. The number of nitrogens with one attached hydrogen (secondary N) is 1. The number of phenols is 1. The van der Waals surface area contributed by atoms with Crippen molar-refractivity contribution in [2.75, 3.05) is 40.4 Å². The summed E-state index contributed by atoms with van der Waals surface area (Å²) in [5.74, 6) is -0.549. The number of cyclic esters (lactones) is 1. The lowest BCUT2D eigenvalue weighted by Gasteiger charge is -2.40. The van der Waals surface area contributed by atoms with Crippen molar-refractivity contribution in [1.29, 1.82) is 0 Å². The number of rotatable bonds is 7. The molecule has 0 amide bonds. The fourth-order valence-corrected chi connectivity index (χ4v) is 5.50. The first-order valence-electron chi connectivity index (χ1n) is 11.8. The zero-order valence-electron chi connectivity index (χ0n) is 20.9. The van der Waals surface area contributed by atoms with Crippen molar-refractivity contribution < 1.29 is 38.0 Å². The summed E-state index contributed by atoms with van der Waals surface area (Å²) < 4.78 is 41.2. The summed E-state index contributed by atoms with van der Waals surface area (Å²) in [5.41, 5.74) is 3.13. The van der Waals surface area contributed by atoms with Crippen molar-refractivity contribution in [3.8, 4) is 28.7 Å². The molecule has 5 rings (SSSR count). The molecule has 2 N–H and O–H groups in total. The summed E-state index contributed by atoms with van der Waals surface area (Å²) in [5, 5.41) is 14.0. The van der Waals surface area contributed by atoms with Gasteiger partial charge in [0.25, 0.3) is 0 Å². The molecule has 0 unspecified atom stereocenters. The molecule has 4 atom stereocenters. The molecule has 1 heterocycles. The van der Waals surface area contributed by atoms with Crippen LogP contribution in [-0.2, 0) is 9.53 Å². The molecule has 0 aromatic heterocycles. The standard InChI is InChI=1S/C28H28FNO7/c1-33-20-11-17-18(12-21(20)34-2)26(30-16-7-5-15(29)6-8-16)19-13-37-28(32)25(19)24(17)14-9-22(35-3)27(31)23(10-14)36-4/h5-12,19,24-26,30-31H,13H2,1-4H3/t19-,24+,25-,26+/m0/s1. The largest absolute Gasteiger partial charge is 0.502 e. The molecule has 1 aliphatic heterocycles. The maximum absolute atomic E-state index is 13.6. The van der Waals surface area contributed by atoms with Gasteiger partial charge in [-0.2, -0.15) is 0 Å². The van der Waals surface area contributed by atoms with Gasteiger partial charge in [0.15, 0.2) is 23.0 Å². The number of hydrogen-bond acceptors (Lipinski definition) is 8. The highest BCUT2D eigenvalue weighted by Gasteiger charge is 2.52.